The minimum Gasteiger partial charge on any atom is -0.308 e. The molecule has 108 valence electrons. The van der Waals surface area contributed by atoms with E-state index in [0.29, 0.717) is 11.1 Å². The highest BCUT2D eigenvalue weighted by atomic mass is 15.3. The summed E-state index contributed by atoms with van der Waals surface area (Å²) in [6, 6.07) is 0. The van der Waals surface area contributed by atoms with Gasteiger partial charge in [-0.1, -0.05) is 34.1 Å². The van der Waals surface area contributed by atoms with Crippen LogP contribution in [-0.4, -0.2) is 35.6 Å². The Hall–Kier alpha value is -0.0800. The second-order valence-electron chi connectivity index (χ2n) is 6.93. The maximum Gasteiger partial charge on any atom is 0.0304 e. The van der Waals surface area contributed by atoms with Crippen LogP contribution in [0.2, 0.25) is 0 Å². The van der Waals surface area contributed by atoms with Crippen LogP contribution in [0.25, 0.3) is 0 Å². The predicted octanol–water partition coefficient (Wildman–Crippen LogP) is 3.67. The lowest BCUT2D eigenvalue weighted by molar-refractivity contribution is 0.0119. The molecule has 1 aliphatic heterocycles. The van der Waals surface area contributed by atoms with Crippen molar-refractivity contribution >= 4 is 0 Å². The number of nitrogens with zero attached hydrogens (tertiary/aromatic N) is 1. The van der Waals surface area contributed by atoms with Crippen molar-refractivity contribution in [1.82, 2.24) is 10.2 Å². The molecular weight excluding hydrogens is 220 g/mol. The Morgan fingerprint density at radius 2 is 1.78 bits per heavy atom. The molecule has 1 rings (SSSR count). The van der Waals surface area contributed by atoms with Gasteiger partial charge < -0.3 is 5.32 Å². The van der Waals surface area contributed by atoms with E-state index in [-0.39, 0.29) is 0 Å². The highest BCUT2D eigenvalue weighted by molar-refractivity contribution is 5.01. The van der Waals surface area contributed by atoms with Gasteiger partial charge in [0.2, 0.25) is 0 Å². The van der Waals surface area contributed by atoms with Gasteiger partial charge in [0.25, 0.3) is 0 Å². The van der Waals surface area contributed by atoms with E-state index in [9.17, 15) is 0 Å². The Bertz CT molecular complexity index is 243. The fourth-order valence-corrected chi connectivity index (χ4v) is 3.15. The van der Waals surface area contributed by atoms with E-state index < -0.39 is 0 Å². The molecule has 0 aromatic carbocycles. The lowest BCUT2D eigenvalue weighted by Gasteiger charge is -2.52. The third-order valence-corrected chi connectivity index (χ3v) is 4.91. The molecule has 1 heterocycles. The first-order valence-corrected chi connectivity index (χ1v) is 7.89. The molecule has 18 heavy (non-hydrogen) atoms. The Balaban J connectivity index is 2.71. The first-order chi connectivity index (χ1) is 8.39. The van der Waals surface area contributed by atoms with E-state index in [0.717, 1.165) is 12.5 Å². The van der Waals surface area contributed by atoms with E-state index in [2.05, 4.69) is 51.8 Å². The molecule has 0 amide bonds. The van der Waals surface area contributed by atoms with Crippen molar-refractivity contribution in [3.63, 3.8) is 0 Å². The number of rotatable bonds is 6. The minimum absolute atomic E-state index is 0.301. The third kappa shape index (κ3) is 3.71. The minimum atomic E-state index is 0.301. The van der Waals surface area contributed by atoms with E-state index in [4.69, 9.17) is 0 Å². The standard InChI is InChI=1S/C16H34N2/c1-7-10-14(4)11-18-13-16(8-2,9-3)17-12-15(18,5)6/h14,17H,7-13H2,1-6H3. The average molecular weight is 254 g/mol. The van der Waals surface area contributed by atoms with Gasteiger partial charge in [0.05, 0.1) is 0 Å². The predicted molar refractivity (Wildman–Crippen MR) is 81.0 cm³/mol. The summed E-state index contributed by atoms with van der Waals surface area (Å²) < 4.78 is 0. The van der Waals surface area contributed by atoms with Crippen molar-refractivity contribution in [2.75, 3.05) is 19.6 Å². The molecule has 1 atom stereocenters. The second-order valence-corrected chi connectivity index (χ2v) is 6.93. The van der Waals surface area contributed by atoms with Crippen molar-refractivity contribution in [2.45, 2.75) is 78.3 Å². The fourth-order valence-electron chi connectivity index (χ4n) is 3.15. The Morgan fingerprint density at radius 3 is 2.28 bits per heavy atom. The average Bonchev–Trinajstić information content (AvgIpc) is 2.33. The van der Waals surface area contributed by atoms with Gasteiger partial charge in [0, 0.05) is 30.7 Å². The number of nitrogens with one attached hydrogen (secondary N) is 1. The Morgan fingerprint density at radius 1 is 1.17 bits per heavy atom. The van der Waals surface area contributed by atoms with Crippen molar-refractivity contribution in [2.24, 2.45) is 5.92 Å². The molecule has 1 aliphatic rings. The summed E-state index contributed by atoms with van der Waals surface area (Å²) in [4.78, 5) is 2.73. The van der Waals surface area contributed by atoms with Gasteiger partial charge in [-0.05, 0) is 39.0 Å². The van der Waals surface area contributed by atoms with Crippen LogP contribution in [0.3, 0.4) is 0 Å². The molecule has 0 aromatic rings. The zero-order valence-corrected chi connectivity index (χ0v) is 13.5. The van der Waals surface area contributed by atoms with E-state index in [1.54, 1.807) is 0 Å². The fraction of sp³-hybridized carbons (Fsp3) is 1.00. The molecule has 2 heteroatoms. The molecule has 1 fully saturated rings. The van der Waals surface area contributed by atoms with Gasteiger partial charge in [0.15, 0.2) is 0 Å². The van der Waals surface area contributed by atoms with E-state index in [1.807, 2.05) is 0 Å². The SMILES string of the molecule is CCCC(C)CN1CC(CC)(CC)NCC1(C)C. The monoisotopic (exact) mass is 254 g/mol. The topological polar surface area (TPSA) is 15.3 Å². The largest absolute Gasteiger partial charge is 0.308 e. The Labute approximate surface area is 115 Å². The van der Waals surface area contributed by atoms with Crippen LogP contribution in [0.5, 0.6) is 0 Å². The van der Waals surface area contributed by atoms with Crippen LogP contribution in [0.15, 0.2) is 0 Å². The summed E-state index contributed by atoms with van der Waals surface area (Å²) in [5.74, 6) is 0.818. The Kier molecular flexibility index (Phi) is 5.67. The first kappa shape index (κ1) is 16.0. The maximum absolute atomic E-state index is 3.82. The molecule has 0 radical (unpaired) electrons. The van der Waals surface area contributed by atoms with Crippen LogP contribution in [-0.2, 0) is 0 Å². The normalized spacial score (nSPS) is 25.0. The zero-order valence-electron chi connectivity index (χ0n) is 13.5. The first-order valence-electron chi connectivity index (χ1n) is 7.89. The highest BCUT2D eigenvalue weighted by Crippen LogP contribution is 2.29. The van der Waals surface area contributed by atoms with Crippen LogP contribution in [0.4, 0.5) is 0 Å². The second kappa shape index (κ2) is 6.38. The summed E-state index contributed by atoms with van der Waals surface area (Å²) in [5.41, 5.74) is 0.650. The number of hydrogen-bond donors (Lipinski definition) is 1. The molecule has 1 saturated heterocycles. The molecule has 1 unspecified atom stereocenters. The molecule has 0 aromatic heterocycles. The molecule has 0 saturated carbocycles. The summed E-state index contributed by atoms with van der Waals surface area (Å²) in [6.45, 7) is 17.7. The van der Waals surface area contributed by atoms with Gasteiger partial charge in [0.1, 0.15) is 0 Å². The lowest BCUT2D eigenvalue weighted by Crippen LogP contribution is -2.68. The lowest BCUT2D eigenvalue weighted by atomic mass is 9.84. The quantitative estimate of drug-likeness (QED) is 0.778. The molecule has 1 N–H and O–H groups in total. The van der Waals surface area contributed by atoms with Crippen LogP contribution >= 0.6 is 0 Å². The van der Waals surface area contributed by atoms with Crippen LogP contribution < -0.4 is 5.32 Å². The van der Waals surface area contributed by atoms with Gasteiger partial charge in [-0.3, -0.25) is 4.90 Å². The molecule has 0 aliphatic carbocycles. The molecule has 2 nitrogen and oxygen atoms in total. The van der Waals surface area contributed by atoms with Crippen molar-refractivity contribution in [3.05, 3.63) is 0 Å². The van der Waals surface area contributed by atoms with Gasteiger partial charge in [-0.25, -0.2) is 0 Å². The van der Waals surface area contributed by atoms with Crippen LogP contribution in [0, 0.1) is 5.92 Å². The molecule has 0 spiro atoms. The van der Waals surface area contributed by atoms with Crippen LogP contribution in [0.1, 0.15) is 67.2 Å². The maximum atomic E-state index is 3.82. The van der Waals surface area contributed by atoms with Gasteiger partial charge in [-0.2, -0.15) is 0 Å². The van der Waals surface area contributed by atoms with Gasteiger partial charge >= 0.3 is 0 Å². The number of hydrogen-bond acceptors (Lipinski definition) is 2. The van der Waals surface area contributed by atoms with Gasteiger partial charge in [-0.15, -0.1) is 0 Å². The zero-order chi connectivity index (χ0) is 13.8. The summed E-state index contributed by atoms with van der Waals surface area (Å²) >= 11 is 0. The smallest absolute Gasteiger partial charge is 0.0304 e. The third-order valence-electron chi connectivity index (χ3n) is 4.91. The highest BCUT2D eigenvalue weighted by Gasteiger charge is 2.40. The molecule has 0 bridgehead atoms. The van der Waals surface area contributed by atoms with Crippen molar-refractivity contribution in [3.8, 4) is 0 Å². The summed E-state index contributed by atoms with van der Waals surface area (Å²) in [5, 5.41) is 3.82. The summed E-state index contributed by atoms with van der Waals surface area (Å²) in [7, 11) is 0. The van der Waals surface area contributed by atoms with E-state index >= 15 is 0 Å². The molecular formula is C16H34N2. The van der Waals surface area contributed by atoms with E-state index in [1.165, 1.54) is 38.8 Å². The van der Waals surface area contributed by atoms with Crippen molar-refractivity contribution < 1.29 is 0 Å². The van der Waals surface area contributed by atoms with Crippen molar-refractivity contribution in [1.29, 1.82) is 0 Å². The summed E-state index contributed by atoms with van der Waals surface area (Å²) in [6.07, 6.45) is 5.13. The number of piperazine rings is 1.